The fourth-order valence-electron chi connectivity index (χ4n) is 1.54. The van der Waals surface area contributed by atoms with Gasteiger partial charge in [-0.2, -0.15) is 0 Å². The SMILES string of the molecule is NCC1(CNC(=O)c2cncc(F)c2)CC1. The average molecular weight is 223 g/mol. The lowest BCUT2D eigenvalue weighted by molar-refractivity contribution is 0.0944. The maximum Gasteiger partial charge on any atom is 0.252 e. The van der Waals surface area contributed by atoms with Gasteiger partial charge in [-0.1, -0.05) is 0 Å². The van der Waals surface area contributed by atoms with Crippen LogP contribution in [0.15, 0.2) is 18.5 Å². The third-order valence-electron chi connectivity index (χ3n) is 2.98. The Bertz CT molecular complexity index is 404. The molecule has 0 atom stereocenters. The third-order valence-corrected chi connectivity index (χ3v) is 2.98. The van der Waals surface area contributed by atoms with E-state index in [2.05, 4.69) is 10.3 Å². The van der Waals surface area contributed by atoms with Crippen LogP contribution >= 0.6 is 0 Å². The predicted molar refractivity (Wildman–Crippen MR) is 57.2 cm³/mol. The first-order valence-electron chi connectivity index (χ1n) is 5.24. The van der Waals surface area contributed by atoms with E-state index in [4.69, 9.17) is 5.73 Å². The van der Waals surface area contributed by atoms with Crippen LogP contribution in [0.1, 0.15) is 23.2 Å². The molecule has 1 aromatic heterocycles. The van der Waals surface area contributed by atoms with Crippen molar-refractivity contribution in [3.8, 4) is 0 Å². The van der Waals surface area contributed by atoms with Crippen molar-refractivity contribution in [2.75, 3.05) is 13.1 Å². The first-order valence-corrected chi connectivity index (χ1v) is 5.24. The van der Waals surface area contributed by atoms with Gasteiger partial charge in [-0.15, -0.1) is 0 Å². The number of nitrogens with zero attached hydrogens (tertiary/aromatic N) is 1. The number of carbonyl (C=O) groups excluding carboxylic acids is 1. The van der Waals surface area contributed by atoms with E-state index in [9.17, 15) is 9.18 Å². The zero-order valence-corrected chi connectivity index (χ0v) is 8.87. The number of rotatable bonds is 4. The van der Waals surface area contributed by atoms with Gasteiger partial charge >= 0.3 is 0 Å². The standard InChI is InChI=1S/C11H14FN3O/c12-9-3-8(4-14-5-9)10(16)15-7-11(6-13)1-2-11/h3-5H,1-2,6-7,13H2,(H,15,16). The minimum Gasteiger partial charge on any atom is -0.351 e. The van der Waals surface area contributed by atoms with E-state index in [0.717, 1.165) is 19.0 Å². The molecule has 86 valence electrons. The van der Waals surface area contributed by atoms with Gasteiger partial charge in [0.05, 0.1) is 11.8 Å². The summed E-state index contributed by atoms with van der Waals surface area (Å²) in [5.74, 6) is -0.806. The largest absolute Gasteiger partial charge is 0.351 e. The molecule has 0 aliphatic heterocycles. The van der Waals surface area contributed by atoms with Crippen molar-refractivity contribution in [1.82, 2.24) is 10.3 Å². The zero-order valence-electron chi connectivity index (χ0n) is 8.87. The van der Waals surface area contributed by atoms with Crippen LogP contribution in [0.5, 0.6) is 0 Å². The topological polar surface area (TPSA) is 68.0 Å². The molecule has 1 aliphatic carbocycles. The summed E-state index contributed by atoms with van der Waals surface area (Å²) >= 11 is 0. The first kappa shape index (κ1) is 11.0. The summed E-state index contributed by atoms with van der Waals surface area (Å²) in [6.07, 6.45) is 4.51. The molecule has 1 aliphatic rings. The Morgan fingerprint density at radius 2 is 2.31 bits per heavy atom. The Balaban J connectivity index is 1.93. The summed E-state index contributed by atoms with van der Waals surface area (Å²) in [5.41, 5.74) is 5.92. The number of amides is 1. The maximum atomic E-state index is 12.8. The summed E-state index contributed by atoms with van der Waals surface area (Å²) in [5, 5.41) is 2.75. The summed E-state index contributed by atoms with van der Waals surface area (Å²) in [4.78, 5) is 15.3. The van der Waals surface area contributed by atoms with Crippen LogP contribution in [-0.2, 0) is 0 Å². The Morgan fingerprint density at radius 3 is 2.88 bits per heavy atom. The number of nitrogens with one attached hydrogen (secondary N) is 1. The van der Waals surface area contributed by atoms with E-state index in [-0.39, 0.29) is 16.9 Å². The molecule has 1 heterocycles. The second-order valence-electron chi connectivity index (χ2n) is 4.28. The fourth-order valence-corrected chi connectivity index (χ4v) is 1.54. The molecule has 0 unspecified atom stereocenters. The highest BCUT2D eigenvalue weighted by Gasteiger charge is 2.41. The van der Waals surface area contributed by atoms with Crippen molar-refractivity contribution in [1.29, 1.82) is 0 Å². The van der Waals surface area contributed by atoms with E-state index in [1.165, 1.54) is 12.3 Å². The van der Waals surface area contributed by atoms with Gasteiger partial charge < -0.3 is 11.1 Å². The fraction of sp³-hybridized carbons (Fsp3) is 0.455. The number of halogens is 1. The number of aromatic nitrogens is 1. The van der Waals surface area contributed by atoms with Gasteiger partial charge in [0.15, 0.2) is 0 Å². The quantitative estimate of drug-likeness (QED) is 0.789. The van der Waals surface area contributed by atoms with E-state index in [0.29, 0.717) is 13.1 Å². The van der Waals surface area contributed by atoms with Crippen LogP contribution in [0.25, 0.3) is 0 Å². The second kappa shape index (κ2) is 4.17. The Morgan fingerprint density at radius 1 is 1.56 bits per heavy atom. The van der Waals surface area contributed by atoms with Crippen molar-refractivity contribution in [2.24, 2.45) is 11.1 Å². The molecule has 1 aromatic rings. The monoisotopic (exact) mass is 223 g/mol. The van der Waals surface area contributed by atoms with Crippen molar-refractivity contribution in [3.63, 3.8) is 0 Å². The minimum absolute atomic E-state index is 0.0798. The van der Waals surface area contributed by atoms with E-state index >= 15 is 0 Å². The van der Waals surface area contributed by atoms with Crippen molar-refractivity contribution >= 4 is 5.91 Å². The Labute approximate surface area is 93.1 Å². The summed E-state index contributed by atoms with van der Waals surface area (Å²) < 4.78 is 12.8. The lowest BCUT2D eigenvalue weighted by Gasteiger charge is -2.12. The van der Waals surface area contributed by atoms with E-state index in [1.54, 1.807) is 0 Å². The van der Waals surface area contributed by atoms with Crippen LogP contribution in [0.2, 0.25) is 0 Å². The summed E-state index contributed by atoms with van der Waals surface area (Å²) in [6.45, 7) is 1.13. The molecule has 5 heteroatoms. The molecule has 0 saturated heterocycles. The summed E-state index contributed by atoms with van der Waals surface area (Å²) in [7, 11) is 0. The molecule has 0 spiro atoms. The number of carbonyl (C=O) groups is 1. The van der Waals surface area contributed by atoms with Gasteiger partial charge in [0.1, 0.15) is 5.82 Å². The Hall–Kier alpha value is -1.49. The lowest BCUT2D eigenvalue weighted by Crippen LogP contribution is -2.33. The molecular formula is C11H14FN3O. The van der Waals surface area contributed by atoms with Gasteiger partial charge in [0.25, 0.3) is 5.91 Å². The number of nitrogens with two attached hydrogens (primary N) is 1. The zero-order chi connectivity index (χ0) is 11.6. The minimum atomic E-state index is -0.507. The molecular weight excluding hydrogens is 209 g/mol. The van der Waals surface area contributed by atoms with Crippen LogP contribution in [0.3, 0.4) is 0 Å². The van der Waals surface area contributed by atoms with Crippen molar-refractivity contribution in [3.05, 3.63) is 29.8 Å². The molecule has 4 nitrogen and oxygen atoms in total. The normalized spacial score (nSPS) is 16.9. The maximum absolute atomic E-state index is 12.8. The predicted octanol–water partition coefficient (Wildman–Crippen LogP) is 0.689. The van der Waals surface area contributed by atoms with Crippen LogP contribution in [0, 0.1) is 11.2 Å². The van der Waals surface area contributed by atoms with Crippen molar-refractivity contribution < 1.29 is 9.18 Å². The number of hydrogen-bond acceptors (Lipinski definition) is 3. The van der Waals surface area contributed by atoms with Crippen LogP contribution in [0.4, 0.5) is 4.39 Å². The third kappa shape index (κ3) is 2.36. The number of hydrogen-bond donors (Lipinski definition) is 2. The van der Waals surface area contributed by atoms with Gasteiger partial charge in [-0.05, 0) is 25.5 Å². The molecule has 3 N–H and O–H groups in total. The smallest absolute Gasteiger partial charge is 0.252 e. The molecule has 2 rings (SSSR count). The van der Waals surface area contributed by atoms with Crippen LogP contribution in [-0.4, -0.2) is 24.0 Å². The van der Waals surface area contributed by atoms with Gasteiger partial charge in [-0.25, -0.2) is 4.39 Å². The van der Waals surface area contributed by atoms with E-state index in [1.807, 2.05) is 0 Å². The molecule has 1 saturated carbocycles. The summed E-state index contributed by atoms with van der Waals surface area (Å²) in [6, 6.07) is 1.17. The molecule has 16 heavy (non-hydrogen) atoms. The van der Waals surface area contributed by atoms with Crippen molar-refractivity contribution in [2.45, 2.75) is 12.8 Å². The average Bonchev–Trinajstić information content (AvgIpc) is 3.07. The van der Waals surface area contributed by atoms with Gasteiger partial charge in [0, 0.05) is 18.2 Å². The number of pyridine rings is 1. The molecule has 0 radical (unpaired) electrons. The van der Waals surface area contributed by atoms with Gasteiger partial charge in [-0.3, -0.25) is 9.78 Å². The molecule has 0 bridgehead atoms. The second-order valence-corrected chi connectivity index (χ2v) is 4.28. The van der Waals surface area contributed by atoms with E-state index < -0.39 is 5.82 Å². The highest BCUT2D eigenvalue weighted by molar-refractivity contribution is 5.93. The highest BCUT2D eigenvalue weighted by Crippen LogP contribution is 2.43. The first-order chi connectivity index (χ1) is 7.65. The molecule has 0 aromatic carbocycles. The van der Waals surface area contributed by atoms with Gasteiger partial charge in [0.2, 0.25) is 0 Å². The molecule has 1 fully saturated rings. The lowest BCUT2D eigenvalue weighted by atomic mass is 10.1. The van der Waals surface area contributed by atoms with Crippen LogP contribution < -0.4 is 11.1 Å². The molecule has 1 amide bonds. The Kier molecular flexibility index (Phi) is 2.87. The highest BCUT2D eigenvalue weighted by atomic mass is 19.1.